The molecule has 0 spiro atoms. The maximum atomic E-state index is 15.0. The number of amides is 2. The zero-order valence-corrected chi connectivity index (χ0v) is 38.6. The van der Waals surface area contributed by atoms with E-state index in [1.807, 2.05) is 77.8 Å². The molecule has 16 nitrogen and oxygen atoms in total. The maximum Gasteiger partial charge on any atom is 0.263 e. The number of aromatic nitrogens is 4. The second-order valence-corrected chi connectivity index (χ2v) is 18.4. The Bertz CT molecular complexity index is 2820. The fourth-order valence-corrected chi connectivity index (χ4v) is 9.82. The molecule has 6 aromatic rings. The highest BCUT2D eigenvalue weighted by atomic mass is 32.2. The Hall–Kier alpha value is -6.33. The van der Waals surface area contributed by atoms with Crippen LogP contribution in [0.15, 0.2) is 90.0 Å². The number of piperidine rings is 2. The molecule has 8 heterocycles. The number of alkyl halides is 1. The topological polar surface area (TPSA) is 203 Å². The van der Waals surface area contributed by atoms with Crippen molar-refractivity contribution in [3.63, 3.8) is 0 Å². The minimum atomic E-state index is -1.07. The Balaban J connectivity index is 0.000000170. The van der Waals surface area contributed by atoms with Crippen LogP contribution >= 0.6 is 11.8 Å². The number of nitriles is 1. The normalized spacial score (nSPS) is 19.1. The fraction of sp³-hybridized carbons (Fsp3) is 0.380. The van der Waals surface area contributed by atoms with Crippen LogP contribution < -0.4 is 30.7 Å². The minimum absolute atomic E-state index is 0.0448. The van der Waals surface area contributed by atoms with Crippen molar-refractivity contribution in [2.45, 2.75) is 68.0 Å². The molecule has 2 amide bonds. The third kappa shape index (κ3) is 11.5. The van der Waals surface area contributed by atoms with Gasteiger partial charge in [0, 0.05) is 73.4 Å². The number of hydrogen-bond donors (Lipinski definition) is 5. The van der Waals surface area contributed by atoms with Crippen molar-refractivity contribution in [3.05, 3.63) is 113 Å². The lowest BCUT2D eigenvalue weighted by molar-refractivity contribution is -0.118. The molecular weight excluding hydrogens is 886 g/mol. The summed E-state index contributed by atoms with van der Waals surface area (Å²) in [6.07, 6.45) is 3.72. The number of nitrogens with one attached hydrogen (secondary N) is 4. The number of benzene rings is 2. The second kappa shape index (κ2) is 21.7. The van der Waals surface area contributed by atoms with E-state index in [1.165, 1.54) is 17.3 Å². The summed E-state index contributed by atoms with van der Waals surface area (Å²) in [7, 11) is 1.56. The molecule has 4 aromatic heterocycles. The number of β-amino-alcohol motifs (C(OH)–C–C–N with tert-alkyl or cyclic N) is 1. The van der Waals surface area contributed by atoms with E-state index in [9.17, 15) is 20.0 Å². The van der Waals surface area contributed by atoms with Gasteiger partial charge in [-0.1, -0.05) is 18.2 Å². The Morgan fingerprint density at radius 1 is 0.926 bits per heavy atom. The molecule has 0 saturated carbocycles. The summed E-state index contributed by atoms with van der Waals surface area (Å²) in [5, 5.41) is 34.6. The average molecular weight is 940 g/mol. The van der Waals surface area contributed by atoms with Gasteiger partial charge in [0.25, 0.3) is 5.91 Å². The van der Waals surface area contributed by atoms with Crippen LogP contribution in [-0.4, -0.2) is 124 Å². The number of carbonyl (C=O) groups excluding carboxylic acids is 2. The highest BCUT2D eigenvalue weighted by Crippen LogP contribution is 2.31. The van der Waals surface area contributed by atoms with Crippen molar-refractivity contribution in [2.75, 3.05) is 69.4 Å². The zero-order chi connectivity index (χ0) is 47.0. The molecule has 4 aliphatic rings. The SMILES string of the molecule is COc1ccc2cccc([C@@H](O)CN3CC[C@H](NCc4ccc5c(n4)NC(=O)CS5)[C@H](F)C3)c2n1.N#Cc1ccc2nccc(CCN3CCC(NCc4ccc5c(n4)NC(=O)CO5)CC3)c2c1. The number of carbonyl (C=O) groups is 2. The molecule has 0 bridgehead atoms. The molecule has 0 radical (unpaired) electrons. The number of aliphatic hydroxyl groups excluding tert-OH is 1. The summed E-state index contributed by atoms with van der Waals surface area (Å²) in [5.74, 6) is 2.36. The Morgan fingerprint density at radius 3 is 2.54 bits per heavy atom. The van der Waals surface area contributed by atoms with Crippen molar-refractivity contribution in [2.24, 2.45) is 0 Å². The number of fused-ring (bicyclic) bond motifs is 4. The van der Waals surface area contributed by atoms with Crippen molar-refractivity contribution < 1.29 is 28.6 Å². The number of halogens is 1. The van der Waals surface area contributed by atoms with Crippen LogP contribution in [0.5, 0.6) is 11.6 Å². The van der Waals surface area contributed by atoms with Gasteiger partial charge in [-0.05, 0) is 105 Å². The van der Waals surface area contributed by atoms with E-state index in [2.05, 4.69) is 58.2 Å². The predicted octanol–water partition coefficient (Wildman–Crippen LogP) is 5.55. The molecular formula is C50H54FN11O5S. The van der Waals surface area contributed by atoms with E-state index in [-0.39, 0.29) is 31.0 Å². The molecule has 68 heavy (non-hydrogen) atoms. The van der Waals surface area contributed by atoms with Gasteiger partial charge in [-0.15, -0.1) is 11.8 Å². The third-order valence-corrected chi connectivity index (χ3v) is 13.8. The summed E-state index contributed by atoms with van der Waals surface area (Å²) >= 11 is 1.47. The van der Waals surface area contributed by atoms with Crippen LogP contribution in [0, 0.1) is 11.3 Å². The average Bonchev–Trinajstić information content (AvgIpc) is 3.36. The lowest BCUT2D eigenvalue weighted by Gasteiger charge is -2.36. The molecule has 352 valence electrons. The van der Waals surface area contributed by atoms with Crippen LogP contribution in [0.25, 0.3) is 21.8 Å². The first kappa shape index (κ1) is 46.8. The number of hydrogen-bond acceptors (Lipinski definition) is 15. The Kier molecular flexibility index (Phi) is 15.0. The first-order chi connectivity index (χ1) is 33.2. The molecule has 4 aliphatic heterocycles. The summed E-state index contributed by atoms with van der Waals surface area (Å²) in [6.45, 7) is 5.45. The highest BCUT2D eigenvalue weighted by molar-refractivity contribution is 8.00. The number of methoxy groups -OCH3 is 1. The molecule has 18 heteroatoms. The number of para-hydroxylation sites is 1. The standard InChI is InChI=1S/C25H28FN5O3S.C25H26N6O2/c1-34-23-8-5-15-3-2-4-17(24(15)30-23)20(32)13-31-10-9-19(18(26)12-31)27-11-16-6-7-21-25(28-16)29-22(33)14-35-21;26-14-17-1-3-22-21(13-17)18(5-9-27-22)6-10-31-11-7-19(8-12-31)28-15-20-2-4-23-25(29-20)30-24(32)16-33-23/h2-8,18-20,27,32H,9-14H2,1H3,(H,28,29,33);1-5,9,13,19,28H,6-8,10-12,15-16H2,(H,29,30,32)/t18-,19+,20+;/m1./s1. The number of rotatable bonds is 13. The van der Waals surface area contributed by atoms with Gasteiger partial charge in [-0.2, -0.15) is 5.26 Å². The molecule has 3 atom stereocenters. The van der Waals surface area contributed by atoms with E-state index in [4.69, 9.17) is 9.47 Å². The van der Waals surface area contributed by atoms with Gasteiger partial charge in [0.05, 0.1) is 57.9 Å². The maximum absolute atomic E-state index is 15.0. The van der Waals surface area contributed by atoms with E-state index in [0.29, 0.717) is 84.3 Å². The monoisotopic (exact) mass is 939 g/mol. The Labute approximate surface area is 398 Å². The van der Waals surface area contributed by atoms with Crippen LogP contribution in [-0.2, 0) is 29.1 Å². The number of likely N-dealkylation sites (tertiary alicyclic amines) is 2. The third-order valence-electron chi connectivity index (χ3n) is 12.8. The summed E-state index contributed by atoms with van der Waals surface area (Å²) in [5.41, 5.74) is 5.91. The van der Waals surface area contributed by atoms with Gasteiger partial charge in [0.2, 0.25) is 11.8 Å². The molecule has 2 fully saturated rings. The predicted molar refractivity (Wildman–Crippen MR) is 258 cm³/mol. The smallest absolute Gasteiger partial charge is 0.263 e. The molecule has 0 aliphatic carbocycles. The molecule has 2 saturated heterocycles. The van der Waals surface area contributed by atoms with Gasteiger partial charge in [0.1, 0.15) is 12.0 Å². The van der Waals surface area contributed by atoms with E-state index >= 15 is 4.39 Å². The molecule has 5 N–H and O–H groups in total. The van der Waals surface area contributed by atoms with Crippen LogP contribution in [0.2, 0.25) is 0 Å². The van der Waals surface area contributed by atoms with Gasteiger partial charge < -0.3 is 40.7 Å². The van der Waals surface area contributed by atoms with Gasteiger partial charge >= 0.3 is 0 Å². The van der Waals surface area contributed by atoms with Crippen LogP contribution in [0.4, 0.5) is 16.0 Å². The quantitative estimate of drug-likeness (QED) is 0.0965. The summed E-state index contributed by atoms with van der Waals surface area (Å²) in [6, 6.07) is 27.2. The van der Waals surface area contributed by atoms with Gasteiger partial charge in [-0.3, -0.25) is 19.5 Å². The summed E-state index contributed by atoms with van der Waals surface area (Å²) < 4.78 is 25.6. The first-order valence-electron chi connectivity index (χ1n) is 23.0. The van der Waals surface area contributed by atoms with Crippen molar-refractivity contribution in [1.29, 1.82) is 5.26 Å². The number of aliphatic hydroxyl groups is 1. The minimum Gasteiger partial charge on any atom is -0.481 e. The summed E-state index contributed by atoms with van der Waals surface area (Å²) in [4.78, 5) is 46.5. The zero-order valence-electron chi connectivity index (χ0n) is 37.8. The Morgan fingerprint density at radius 2 is 1.72 bits per heavy atom. The second-order valence-electron chi connectivity index (χ2n) is 17.4. The lowest BCUT2D eigenvalue weighted by atomic mass is 10.0. The number of pyridine rings is 4. The van der Waals surface area contributed by atoms with E-state index < -0.39 is 12.3 Å². The highest BCUT2D eigenvalue weighted by Gasteiger charge is 2.31. The van der Waals surface area contributed by atoms with Crippen LogP contribution in [0.3, 0.4) is 0 Å². The molecule has 0 unspecified atom stereocenters. The van der Waals surface area contributed by atoms with Gasteiger partial charge in [-0.25, -0.2) is 19.3 Å². The lowest BCUT2D eigenvalue weighted by Crippen LogP contribution is -2.51. The number of nitrogens with zero attached hydrogens (tertiary/aromatic N) is 7. The number of ether oxygens (including phenoxy) is 2. The van der Waals surface area contributed by atoms with Crippen molar-refractivity contribution in [3.8, 4) is 17.7 Å². The number of thioether (sulfide) groups is 1. The molecule has 2 aromatic carbocycles. The van der Waals surface area contributed by atoms with Crippen LogP contribution in [0.1, 0.15) is 53.4 Å². The molecule has 10 rings (SSSR count). The van der Waals surface area contributed by atoms with Crippen molar-refractivity contribution in [1.82, 2.24) is 40.4 Å². The number of anilines is 2. The van der Waals surface area contributed by atoms with Gasteiger partial charge in [0.15, 0.2) is 18.2 Å². The largest absolute Gasteiger partial charge is 0.481 e. The fourth-order valence-electron chi connectivity index (χ4n) is 9.06. The first-order valence-corrected chi connectivity index (χ1v) is 24.0. The van der Waals surface area contributed by atoms with Crippen molar-refractivity contribution >= 4 is 57.0 Å². The van der Waals surface area contributed by atoms with E-state index in [0.717, 1.165) is 71.5 Å². The van der Waals surface area contributed by atoms with E-state index in [1.54, 1.807) is 13.2 Å².